The minimum atomic E-state index is 0.134. The molecule has 1 aliphatic rings. The molecule has 0 amide bonds. The number of ether oxygens (including phenoxy) is 1. The number of terminal acetylenes is 1. The number of aromatic nitrogens is 2. The average molecular weight is 269 g/mol. The Morgan fingerprint density at radius 1 is 1.40 bits per heavy atom. The Labute approximate surface area is 117 Å². The van der Waals surface area contributed by atoms with Crippen LogP contribution in [0.3, 0.4) is 0 Å². The van der Waals surface area contributed by atoms with Crippen molar-refractivity contribution in [3.05, 3.63) is 41.5 Å². The molecule has 1 aliphatic heterocycles. The second-order valence-electron chi connectivity index (χ2n) is 4.67. The normalized spacial score (nSPS) is 17.1. The smallest absolute Gasteiger partial charge is 0.240 e. The predicted octanol–water partition coefficient (Wildman–Crippen LogP) is 1.51. The van der Waals surface area contributed by atoms with Crippen LogP contribution in [0, 0.1) is 12.3 Å². The van der Waals surface area contributed by atoms with E-state index in [0.29, 0.717) is 31.4 Å². The van der Waals surface area contributed by atoms with Gasteiger partial charge in [0, 0.05) is 0 Å². The molecule has 5 nitrogen and oxygen atoms in total. The molecule has 1 aromatic carbocycles. The van der Waals surface area contributed by atoms with Crippen LogP contribution in [0.2, 0.25) is 0 Å². The molecule has 0 saturated heterocycles. The lowest BCUT2D eigenvalue weighted by molar-refractivity contribution is 0.253. The Bertz CT molecular complexity index is 630. The van der Waals surface area contributed by atoms with Crippen LogP contribution in [0.1, 0.15) is 23.2 Å². The molecule has 20 heavy (non-hydrogen) atoms. The summed E-state index contributed by atoms with van der Waals surface area (Å²) >= 11 is 0. The lowest BCUT2D eigenvalue weighted by Crippen LogP contribution is -2.20. The van der Waals surface area contributed by atoms with E-state index in [1.807, 2.05) is 18.2 Å². The number of benzene rings is 1. The lowest BCUT2D eigenvalue weighted by atomic mass is 9.96. The van der Waals surface area contributed by atoms with Crippen molar-refractivity contribution < 1.29 is 9.26 Å². The van der Waals surface area contributed by atoms with Gasteiger partial charge in [0.2, 0.25) is 5.89 Å². The molecule has 0 bridgehead atoms. The molecular weight excluding hydrogens is 254 g/mol. The van der Waals surface area contributed by atoms with E-state index in [-0.39, 0.29) is 5.92 Å². The molecule has 1 N–H and O–H groups in total. The number of nitrogens with zero attached hydrogens (tertiary/aromatic N) is 2. The second kappa shape index (κ2) is 5.76. The van der Waals surface area contributed by atoms with Gasteiger partial charge in [-0.1, -0.05) is 29.3 Å². The van der Waals surface area contributed by atoms with Crippen LogP contribution in [0.15, 0.2) is 28.8 Å². The molecule has 5 heteroatoms. The SMILES string of the molecule is C#CCNCc1nc(C2COc3ccccc3C2)no1. The highest BCUT2D eigenvalue weighted by molar-refractivity contribution is 5.36. The molecule has 0 fully saturated rings. The van der Waals surface area contributed by atoms with E-state index in [2.05, 4.69) is 27.4 Å². The monoisotopic (exact) mass is 269 g/mol. The summed E-state index contributed by atoms with van der Waals surface area (Å²) in [6.07, 6.45) is 6.03. The van der Waals surface area contributed by atoms with Crippen LogP contribution >= 0.6 is 0 Å². The fourth-order valence-electron chi connectivity index (χ4n) is 2.24. The van der Waals surface area contributed by atoms with Crippen molar-refractivity contribution in [3.8, 4) is 18.1 Å². The van der Waals surface area contributed by atoms with Crippen LogP contribution in [-0.4, -0.2) is 23.3 Å². The van der Waals surface area contributed by atoms with Crippen molar-refractivity contribution in [1.29, 1.82) is 0 Å². The summed E-state index contributed by atoms with van der Waals surface area (Å²) in [5.74, 6) is 4.82. The summed E-state index contributed by atoms with van der Waals surface area (Å²) in [7, 11) is 0. The number of fused-ring (bicyclic) bond motifs is 1. The molecular formula is C15H15N3O2. The molecule has 1 atom stereocenters. The number of para-hydroxylation sites is 1. The Hall–Kier alpha value is -2.32. The Morgan fingerprint density at radius 2 is 2.30 bits per heavy atom. The minimum absolute atomic E-state index is 0.134. The fraction of sp³-hybridized carbons (Fsp3) is 0.333. The van der Waals surface area contributed by atoms with Crippen LogP contribution in [-0.2, 0) is 13.0 Å². The Kier molecular flexibility index (Phi) is 3.66. The average Bonchev–Trinajstić information content (AvgIpc) is 2.96. The number of hydrogen-bond donors (Lipinski definition) is 1. The van der Waals surface area contributed by atoms with Gasteiger partial charge in [0.15, 0.2) is 5.82 Å². The van der Waals surface area contributed by atoms with Gasteiger partial charge in [-0.15, -0.1) is 6.42 Å². The van der Waals surface area contributed by atoms with Crippen molar-refractivity contribution in [2.45, 2.75) is 18.9 Å². The zero-order chi connectivity index (χ0) is 13.8. The number of hydrogen-bond acceptors (Lipinski definition) is 5. The van der Waals surface area contributed by atoms with Gasteiger partial charge in [-0.25, -0.2) is 0 Å². The summed E-state index contributed by atoms with van der Waals surface area (Å²) in [6, 6.07) is 8.03. The molecule has 0 aliphatic carbocycles. The summed E-state index contributed by atoms with van der Waals surface area (Å²) in [6.45, 7) is 1.55. The highest BCUT2D eigenvalue weighted by atomic mass is 16.5. The van der Waals surface area contributed by atoms with Crippen molar-refractivity contribution in [2.24, 2.45) is 0 Å². The summed E-state index contributed by atoms with van der Waals surface area (Å²) in [4.78, 5) is 4.39. The first-order valence-corrected chi connectivity index (χ1v) is 6.54. The van der Waals surface area contributed by atoms with E-state index in [1.54, 1.807) is 0 Å². The van der Waals surface area contributed by atoms with Gasteiger partial charge in [-0.3, -0.25) is 5.32 Å². The molecule has 0 radical (unpaired) electrons. The van der Waals surface area contributed by atoms with Crippen LogP contribution in [0.25, 0.3) is 0 Å². The van der Waals surface area contributed by atoms with Crippen molar-refractivity contribution in [1.82, 2.24) is 15.5 Å². The van der Waals surface area contributed by atoms with E-state index >= 15 is 0 Å². The quantitative estimate of drug-likeness (QED) is 0.673. The summed E-state index contributed by atoms with van der Waals surface area (Å²) < 4.78 is 10.9. The van der Waals surface area contributed by atoms with Gasteiger partial charge in [0.25, 0.3) is 0 Å². The zero-order valence-corrected chi connectivity index (χ0v) is 11.0. The molecule has 2 heterocycles. The van der Waals surface area contributed by atoms with E-state index in [1.165, 1.54) is 5.56 Å². The molecule has 0 spiro atoms. The number of nitrogens with one attached hydrogen (secondary N) is 1. The van der Waals surface area contributed by atoms with E-state index in [0.717, 1.165) is 12.2 Å². The standard InChI is InChI=1S/C15H15N3O2/c1-2-7-16-9-14-17-15(18-20-14)12-8-11-5-3-4-6-13(11)19-10-12/h1,3-6,12,16H,7-10H2. The largest absolute Gasteiger partial charge is 0.493 e. The molecule has 1 unspecified atom stereocenters. The van der Waals surface area contributed by atoms with Gasteiger partial charge in [-0.05, 0) is 18.1 Å². The first-order valence-electron chi connectivity index (χ1n) is 6.54. The molecule has 1 aromatic heterocycles. The van der Waals surface area contributed by atoms with Gasteiger partial charge >= 0.3 is 0 Å². The first-order chi connectivity index (χ1) is 9.86. The fourth-order valence-corrected chi connectivity index (χ4v) is 2.24. The van der Waals surface area contributed by atoms with Crippen LogP contribution in [0.5, 0.6) is 5.75 Å². The second-order valence-corrected chi connectivity index (χ2v) is 4.67. The topological polar surface area (TPSA) is 60.2 Å². The van der Waals surface area contributed by atoms with Crippen molar-refractivity contribution in [3.63, 3.8) is 0 Å². The van der Waals surface area contributed by atoms with Gasteiger partial charge in [0.1, 0.15) is 5.75 Å². The summed E-state index contributed by atoms with van der Waals surface area (Å²) in [5.41, 5.74) is 1.18. The molecule has 2 aromatic rings. The lowest BCUT2D eigenvalue weighted by Gasteiger charge is -2.22. The summed E-state index contributed by atoms with van der Waals surface area (Å²) in [5, 5.41) is 7.05. The van der Waals surface area contributed by atoms with E-state index < -0.39 is 0 Å². The maximum atomic E-state index is 5.73. The molecule has 102 valence electrons. The highest BCUT2D eigenvalue weighted by Crippen LogP contribution is 2.30. The third kappa shape index (κ3) is 2.65. The maximum absolute atomic E-state index is 5.73. The van der Waals surface area contributed by atoms with Gasteiger partial charge in [0.05, 0.1) is 25.6 Å². The highest BCUT2D eigenvalue weighted by Gasteiger charge is 2.25. The van der Waals surface area contributed by atoms with Crippen LogP contribution in [0.4, 0.5) is 0 Å². The van der Waals surface area contributed by atoms with Crippen molar-refractivity contribution >= 4 is 0 Å². The molecule has 3 rings (SSSR count). The first kappa shape index (κ1) is 12.7. The molecule has 0 saturated carbocycles. The van der Waals surface area contributed by atoms with Crippen LogP contribution < -0.4 is 10.1 Å². The van der Waals surface area contributed by atoms with Crippen molar-refractivity contribution in [2.75, 3.05) is 13.2 Å². The Morgan fingerprint density at radius 3 is 3.20 bits per heavy atom. The maximum Gasteiger partial charge on any atom is 0.240 e. The van der Waals surface area contributed by atoms with Gasteiger partial charge in [-0.2, -0.15) is 4.98 Å². The van der Waals surface area contributed by atoms with E-state index in [4.69, 9.17) is 15.7 Å². The Balaban J connectivity index is 1.67. The zero-order valence-electron chi connectivity index (χ0n) is 11.0. The third-order valence-corrected chi connectivity index (χ3v) is 3.23. The van der Waals surface area contributed by atoms with Gasteiger partial charge < -0.3 is 9.26 Å². The minimum Gasteiger partial charge on any atom is -0.493 e. The third-order valence-electron chi connectivity index (χ3n) is 3.23. The number of rotatable bonds is 4. The predicted molar refractivity (Wildman–Crippen MR) is 73.2 cm³/mol. The van der Waals surface area contributed by atoms with E-state index in [9.17, 15) is 0 Å².